The number of carboxylic acids is 1. The summed E-state index contributed by atoms with van der Waals surface area (Å²) in [6, 6.07) is 14.2. The molecule has 0 unspecified atom stereocenters. The number of benzene rings is 2. The largest absolute Gasteiger partial charge is 0.490 e. The Balaban J connectivity index is 1.69. The molecule has 0 spiro atoms. The van der Waals surface area contributed by atoms with Crippen LogP contribution in [0, 0.1) is 5.92 Å². The van der Waals surface area contributed by atoms with Crippen molar-refractivity contribution in [1.82, 2.24) is 4.31 Å². The van der Waals surface area contributed by atoms with Gasteiger partial charge in [-0.15, -0.1) is 11.3 Å². The van der Waals surface area contributed by atoms with Gasteiger partial charge in [0, 0.05) is 48.9 Å². The number of para-hydroxylation sites is 1. The van der Waals surface area contributed by atoms with E-state index >= 15 is 0 Å². The number of nitrogens with zero attached hydrogens (tertiary/aromatic N) is 2. The number of thiophene rings is 1. The predicted octanol–water partition coefficient (Wildman–Crippen LogP) is 7.21. The number of carboxylic acid groups (broad SMARTS) is 1. The van der Waals surface area contributed by atoms with Crippen LogP contribution in [0.2, 0.25) is 0 Å². The zero-order valence-corrected chi connectivity index (χ0v) is 29.1. The number of ether oxygens (including phenoxy) is 3. The van der Waals surface area contributed by atoms with Crippen LogP contribution in [0.4, 0.5) is 21.9 Å². The van der Waals surface area contributed by atoms with Crippen molar-refractivity contribution >= 4 is 50.5 Å². The Bertz CT molecular complexity index is 1700. The van der Waals surface area contributed by atoms with Gasteiger partial charge in [0.05, 0.1) is 18.0 Å². The normalized spacial score (nSPS) is 18.7. The lowest BCUT2D eigenvalue weighted by atomic mass is 9.83. The lowest BCUT2D eigenvalue weighted by Crippen LogP contribution is -2.46. The van der Waals surface area contributed by atoms with Gasteiger partial charge in [-0.2, -0.15) is 4.31 Å². The Morgan fingerprint density at radius 3 is 2.38 bits per heavy atom. The van der Waals surface area contributed by atoms with Crippen molar-refractivity contribution in [1.29, 1.82) is 0 Å². The standard InChI is InChI=1S/C34H43N3O8S2/c1-34(2,3)45-33(40)35-25-19-29(46-31(25)32(38)39)24-18-30-26(20-28(24)44-17-16-43-5)37(23-14-10-7-11-15-23)21-27(36(4)47(30,41)42)22-12-8-6-9-13-22/h7,10-11,14-15,18-20,22,27H,6,8-9,12-13,16-17,21H2,1-5H3,(H,35,40)(H,38,39)/t27-/m0/s1. The topological polar surface area (TPSA) is 135 Å². The quantitative estimate of drug-likeness (QED) is 0.224. The summed E-state index contributed by atoms with van der Waals surface area (Å²) in [5, 5.41) is 12.6. The summed E-state index contributed by atoms with van der Waals surface area (Å²) in [4.78, 5) is 27.3. The number of carbonyl (C=O) groups excluding carboxylic acids is 1. The summed E-state index contributed by atoms with van der Waals surface area (Å²) in [5.41, 5.74) is 0.938. The van der Waals surface area contributed by atoms with Gasteiger partial charge in [-0.1, -0.05) is 37.5 Å². The Labute approximate surface area is 280 Å². The average molecular weight is 686 g/mol. The highest BCUT2D eigenvalue weighted by molar-refractivity contribution is 7.89. The molecular weight excluding hydrogens is 643 g/mol. The van der Waals surface area contributed by atoms with Crippen LogP contribution in [0.15, 0.2) is 53.4 Å². The van der Waals surface area contributed by atoms with Crippen LogP contribution in [0.1, 0.15) is 62.5 Å². The molecule has 11 nitrogen and oxygen atoms in total. The van der Waals surface area contributed by atoms with Gasteiger partial charge in [-0.05, 0) is 63.8 Å². The Kier molecular flexibility index (Phi) is 10.5. The van der Waals surface area contributed by atoms with E-state index in [1.165, 1.54) is 10.4 Å². The van der Waals surface area contributed by atoms with Crippen molar-refractivity contribution in [3.8, 4) is 16.2 Å². The van der Waals surface area contributed by atoms with Crippen LogP contribution < -0.4 is 15.0 Å². The second kappa shape index (κ2) is 14.2. The number of sulfonamides is 1. The van der Waals surface area contributed by atoms with E-state index in [1.54, 1.807) is 47.1 Å². The number of likely N-dealkylation sites (N-methyl/N-ethyl adjacent to an activating group) is 1. The molecule has 2 aromatic carbocycles. The molecule has 254 valence electrons. The van der Waals surface area contributed by atoms with E-state index in [2.05, 4.69) is 10.2 Å². The van der Waals surface area contributed by atoms with Crippen molar-refractivity contribution < 1.29 is 37.3 Å². The van der Waals surface area contributed by atoms with Gasteiger partial charge in [0.2, 0.25) is 10.0 Å². The molecule has 3 aromatic rings. The van der Waals surface area contributed by atoms with Gasteiger partial charge in [-0.3, -0.25) is 5.32 Å². The third kappa shape index (κ3) is 7.75. The minimum Gasteiger partial charge on any atom is -0.490 e. The monoisotopic (exact) mass is 685 g/mol. The second-order valence-electron chi connectivity index (χ2n) is 12.9. The van der Waals surface area contributed by atoms with E-state index in [1.807, 2.05) is 30.3 Å². The van der Waals surface area contributed by atoms with Crippen LogP contribution in [-0.4, -0.2) is 75.5 Å². The first-order valence-corrected chi connectivity index (χ1v) is 18.0. The Morgan fingerprint density at radius 1 is 1.04 bits per heavy atom. The molecule has 1 atom stereocenters. The lowest BCUT2D eigenvalue weighted by Gasteiger charge is -2.36. The van der Waals surface area contributed by atoms with E-state index in [0.29, 0.717) is 28.4 Å². The van der Waals surface area contributed by atoms with Crippen molar-refractivity contribution in [3.63, 3.8) is 0 Å². The highest BCUT2D eigenvalue weighted by atomic mass is 32.2. The maximum Gasteiger partial charge on any atom is 0.412 e. The van der Waals surface area contributed by atoms with Crippen LogP contribution >= 0.6 is 11.3 Å². The number of aromatic carboxylic acids is 1. The number of fused-ring (bicyclic) bond motifs is 1. The molecule has 1 amide bonds. The van der Waals surface area contributed by atoms with Crippen molar-refractivity contribution in [2.45, 2.75) is 69.4 Å². The fourth-order valence-electron chi connectivity index (χ4n) is 6.25. The molecule has 1 saturated carbocycles. The molecule has 2 N–H and O–H groups in total. The van der Waals surface area contributed by atoms with Crippen molar-refractivity contribution in [3.05, 3.63) is 53.4 Å². The maximum atomic E-state index is 14.5. The summed E-state index contributed by atoms with van der Waals surface area (Å²) in [6.07, 6.45) is 4.40. The number of methoxy groups -OCH3 is 1. The van der Waals surface area contributed by atoms with Crippen molar-refractivity contribution in [2.24, 2.45) is 5.92 Å². The zero-order valence-electron chi connectivity index (χ0n) is 27.4. The Morgan fingerprint density at radius 2 is 1.74 bits per heavy atom. The molecule has 2 heterocycles. The van der Waals surface area contributed by atoms with Gasteiger partial charge in [-0.25, -0.2) is 18.0 Å². The van der Waals surface area contributed by atoms with Crippen LogP contribution in [-0.2, 0) is 19.5 Å². The second-order valence-corrected chi connectivity index (χ2v) is 15.9. The number of carbonyl (C=O) groups is 2. The minimum absolute atomic E-state index is 0.0350. The van der Waals surface area contributed by atoms with Gasteiger partial charge < -0.3 is 24.2 Å². The molecule has 0 bridgehead atoms. The molecule has 0 radical (unpaired) electrons. The summed E-state index contributed by atoms with van der Waals surface area (Å²) < 4.78 is 47.4. The first-order valence-electron chi connectivity index (χ1n) is 15.8. The molecule has 1 fully saturated rings. The first-order chi connectivity index (χ1) is 22.3. The van der Waals surface area contributed by atoms with E-state index in [-0.39, 0.29) is 40.6 Å². The molecule has 0 saturated heterocycles. The highest BCUT2D eigenvalue weighted by Gasteiger charge is 2.41. The number of anilines is 3. The number of hydrogen-bond acceptors (Lipinski definition) is 9. The highest BCUT2D eigenvalue weighted by Crippen LogP contribution is 2.47. The molecule has 5 rings (SSSR count). The van der Waals surface area contributed by atoms with Gasteiger partial charge in [0.15, 0.2) is 0 Å². The fraction of sp³-hybridized carbons (Fsp3) is 0.471. The van der Waals surface area contributed by atoms with E-state index < -0.39 is 27.7 Å². The summed E-state index contributed by atoms with van der Waals surface area (Å²) in [5.74, 6) is -0.683. The van der Waals surface area contributed by atoms with E-state index in [4.69, 9.17) is 14.2 Å². The van der Waals surface area contributed by atoms with Crippen LogP contribution in [0.5, 0.6) is 5.75 Å². The SMILES string of the molecule is COCCOc1cc2c(cc1-c1cc(NC(=O)OC(C)(C)C)c(C(=O)O)s1)S(=O)(=O)N(C)[C@H](C1CCCCC1)CN2c1ccccc1. The molecule has 1 aliphatic carbocycles. The molecule has 2 aliphatic rings. The third-order valence-electron chi connectivity index (χ3n) is 8.48. The maximum absolute atomic E-state index is 14.5. The zero-order chi connectivity index (χ0) is 33.9. The number of hydrogen-bond donors (Lipinski definition) is 2. The predicted molar refractivity (Wildman–Crippen MR) is 183 cm³/mol. The molecule has 1 aliphatic heterocycles. The van der Waals surface area contributed by atoms with Crippen LogP contribution in [0.25, 0.3) is 10.4 Å². The number of nitrogens with one attached hydrogen (secondary N) is 1. The van der Waals surface area contributed by atoms with E-state index in [9.17, 15) is 23.1 Å². The molecule has 47 heavy (non-hydrogen) atoms. The lowest BCUT2D eigenvalue weighted by molar-refractivity contribution is 0.0636. The fourth-order valence-corrected chi connectivity index (χ4v) is 8.83. The van der Waals surface area contributed by atoms with Crippen molar-refractivity contribution in [2.75, 3.05) is 44.1 Å². The molecule has 1 aromatic heterocycles. The van der Waals surface area contributed by atoms with Gasteiger partial charge >= 0.3 is 12.1 Å². The van der Waals surface area contributed by atoms with Crippen LogP contribution in [0.3, 0.4) is 0 Å². The first kappa shape index (κ1) is 34.7. The smallest absolute Gasteiger partial charge is 0.412 e. The molecule has 13 heteroatoms. The third-order valence-corrected chi connectivity index (χ3v) is 11.5. The Hall–Kier alpha value is -3.65. The van der Waals surface area contributed by atoms with Gasteiger partial charge in [0.25, 0.3) is 0 Å². The van der Waals surface area contributed by atoms with E-state index in [0.717, 1.165) is 49.1 Å². The summed E-state index contributed by atoms with van der Waals surface area (Å²) >= 11 is 0.908. The van der Waals surface area contributed by atoms with Gasteiger partial charge in [0.1, 0.15) is 27.7 Å². The summed E-state index contributed by atoms with van der Waals surface area (Å²) in [6.45, 7) is 6.03. The molecular formula is C34H43N3O8S2. The minimum atomic E-state index is -4.02. The number of rotatable bonds is 9. The summed E-state index contributed by atoms with van der Waals surface area (Å²) in [7, 11) is -0.804. The average Bonchev–Trinajstić information content (AvgIpc) is 3.41. The number of amides is 1.